The molecular formula is C15H12F3NO3. The van der Waals surface area contributed by atoms with Crippen LogP contribution in [-0.2, 0) is 22.3 Å². The number of hydrogen-bond acceptors (Lipinski definition) is 3. The second-order valence-electron chi connectivity index (χ2n) is 4.50. The quantitative estimate of drug-likeness (QED) is 0.819. The van der Waals surface area contributed by atoms with Crippen molar-refractivity contribution >= 4 is 5.97 Å². The fraction of sp³-hybridized carbons (Fsp3) is 0.200. The van der Waals surface area contributed by atoms with Crippen LogP contribution in [0.15, 0.2) is 47.4 Å². The Morgan fingerprint density at radius 2 is 1.91 bits per heavy atom. The zero-order chi connectivity index (χ0) is 16.3. The number of pyridine rings is 1. The van der Waals surface area contributed by atoms with Crippen molar-refractivity contribution < 1.29 is 22.7 Å². The van der Waals surface area contributed by atoms with Crippen molar-refractivity contribution in [2.75, 3.05) is 7.11 Å². The largest absolute Gasteiger partial charge is 0.468 e. The lowest BCUT2D eigenvalue weighted by Crippen LogP contribution is -2.23. The zero-order valence-corrected chi connectivity index (χ0v) is 11.6. The lowest BCUT2D eigenvalue weighted by Gasteiger charge is -2.13. The van der Waals surface area contributed by atoms with E-state index >= 15 is 0 Å². The molecule has 4 nitrogen and oxygen atoms in total. The number of carbonyl (C=O) groups is 1. The number of benzene rings is 1. The molecule has 0 fully saturated rings. The summed E-state index contributed by atoms with van der Waals surface area (Å²) in [6, 6.07) is 7.41. The molecule has 1 heterocycles. The number of halogens is 3. The van der Waals surface area contributed by atoms with Crippen molar-refractivity contribution in [3.05, 3.63) is 58.5 Å². The van der Waals surface area contributed by atoms with Crippen LogP contribution >= 0.6 is 0 Å². The van der Waals surface area contributed by atoms with Gasteiger partial charge in [-0.1, -0.05) is 18.2 Å². The summed E-state index contributed by atoms with van der Waals surface area (Å²) in [5.74, 6) is -0.620. The monoisotopic (exact) mass is 311 g/mol. The van der Waals surface area contributed by atoms with Gasteiger partial charge in [0.2, 0.25) is 0 Å². The molecule has 0 bridgehead atoms. The second-order valence-corrected chi connectivity index (χ2v) is 4.50. The highest BCUT2D eigenvalue weighted by Crippen LogP contribution is 2.36. The minimum absolute atomic E-state index is 0.0858. The maximum Gasteiger partial charge on any atom is 0.417 e. The van der Waals surface area contributed by atoms with Crippen molar-refractivity contribution in [1.29, 1.82) is 0 Å². The third-order valence-corrected chi connectivity index (χ3v) is 3.07. The summed E-state index contributed by atoms with van der Waals surface area (Å²) in [6.07, 6.45) is -3.25. The molecule has 0 saturated heterocycles. The van der Waals surface area contributed by atoms with Gasteiger partial charge in [-0.25, -0.2) is 0 Å². The Balaban J connectivity index is 2.46. The van der Waals surface area contributed by atoms with E-state index < -0.39 is 23.3 Å². The molecule has 0 spiro atoms. The van der Waals surface area contributed by atoms with Crippen LogP contribution < -0.4 is 5.56 Å². The minimum atomic E-state index is -4.52. The first-order valence-corrected chi connectivity index (χ1v) is 6.27. The molecule has 2 rings (SSSR count). The second kappa shape index (κ2) is 6.05. The molecule has 0 aliphatic rings. The average molecular weight is 311 g/mol. The van der Waals surface area contributed by atoms with Crippen LogP contribution in [0.1, 0.15) is 5.56 Å². The van der Waals surface area contributed by atoms with Crippen LogP contribution in [0, 0.1) is 0 Å². The van der Waals surface area contributed by atoms with Crippen LogP contribution in [0.2, 0.25) is 0 Å². The molecule has 22 heavy (non-hydrogen) atoms. The molecule has 0 aliphatic carbocycles. The van der Waals surface area contributed by atoms with E-state index in [0.717, 1.165) is 16.7 Å². The predicted octanol–water partition coefficient (Wildman–Crippen LogP) is 2.71. The summed E-state index contributed by atoms with van der Waals surface area (Å²) >= 11 is 0. The van der Waals surface area contributed by atoms with E-state index in [9.17, 15) is 22.8 Å². The molecule has 0 amide bonds. The number of esters is 1. The number of alkyl halides is 3. The molecule has 116 valence electrons. The fourth-order valence-electron chi connectivity index (χ4n) is 1.99. The third kappa shape index (κ3) is 3.36. The van der Waals surface area contributed by atoms with Gasteiger partial charge in [-0.2, -0.15) is 13.2 Å². The fourth-order valence-corrected chi connectivity index (χ4v) is 1.99. The van der Waals surface area contributed by atoms with E-state index in [1.54, 1.807) is 0 Å². The van der Waals surface area contributed by atoms with Crippen LogP contribution in [0.3, 0.4) is 0 Å². The Labute approximate surface area is 123 Å². The number of aromatic nitrogens is 1. The van der Waals surface area contributed by atoms with Crippen molar-refractivity contribution in [1.82, 2.24) is 4.57 Å². The molecule has 0 atom stereocenters. The van der Waals surface area contributed by atoms with Gasteiger partial charge in [-0.3, -0.25) is 9.59 Å². The highest BCUT2D eigenvalue weighted by molar-refractivity contribution is 5.70. The Hall–Kier alpha value is -2.57. The Morgan fingerprint density at radius 3 is 2.50 bits per heavy atom. The van der Waals surface area contributed by atoms with E-state index in [1.807, 2.05) is 0 Å². The van der Waals surface area contributed by atoms with E-state index in [0.29, 0.717) is 0 Å². The summed E-state index contributed by atoms with van der Waals surface area (Å²) in [4.78, 5) is 23.0. The molecule has 0 unspecified atom stereocenters. The first-order chi connectivity index (χ1) is 10.3. The van der Waals surface area contributed by atoms with Crippen molar-refractivity contribution in [2.24, 2.45) is 0 Å². The van der Waals surface area contributed by atoms with Gasteiger partial charge in [0.1, 0.15) is 6.54 Å². The van der Waals surface area contributed by atoms with Crippen molar-refractivity contribution in [3.8, 4) is 11.1 Å². The molecule has 0 saturated carbocycles. The van der Waals surface area contributed by atoms with Gasteiger partial charge in [0.25, 0.3) is 5.56 Å². The normalized spacial score (nSPS) is 11.3. The van der Waals surface area contributed by atoms with Gasteiger partial charge in [0.15, 0.2) is 0 Å². The lowest BCUT2D eigenvalue weighted by molar-refractivity contribution is -0.141. The molecule has 0 aliphatic heterocycles. The number of methoxy groups -OCH3 is 1. The molecule has 1 aromatic heterocycles. The van der Waals surface area contributed by atoms with E-state index in [2.05, 4.69) is 4.74 Å². The van der Waals surface area contributed by atoms with E-state index in [1.165, 1.54) is 37.6 Å². The lowest BCUT2D eigenvalue weighted by atomic mass is 10.0. The van der Waals surface area contributed by atoms with Crippen molar-refractivity contribution in [3.63, 3.8) is 0 Å². The number of carbonyl (C=O) groups excluding carboxylic acids is 1. The SMILES string of the molecule is COC(=O)Cn1ccc(-c2ccccc2C(F)(F)F)cc1=O. The number of nitrogens with zero attached hydrogens (tertiary/aromatic N) is 1. The van der Waals surface area contributed by atoms with Gasteiger partial charge >= 0.3 is 12.1 Å². The summed E-state index contributed by atoms with van der Waals surface area (Å²) in [6.45, 7) is -0.295. The highest BCUT2D eigenvalue weighted by Gasteiger charge is 2.33. The van der Waals surface area contributed by atoms with Gasteiger partial charge in [0.05, 0.1) is 12.7 Å². The Kier molecular flexibility index (Phi) is 4.35. The van der Waals surface area contributed by atoms with Gasteiger partial charge in [0, 0.05) is 12.3 Å². The van der Waals surface area contributed by atoms with Crippen LogP contribution in [0.5, 0.6) is 0 Å². The van der Waals surface area contributed by atoms with E-state index in [-0.39, 0.29) is 17.7 Å². The van der Waals surface area contributed by atoms with Gasteiger partial charge in [-0.15, -0.1) is 0 Å². The summed E-state index contributed by atoms with van der Waals surface area (Å²) in [5, 5.41) is 0. The molecule has 0 radical (unpaired) electrons. The maximum absolute atomic E-state index is 13.0. The van der Waals surface area contributed by atoms with Crippen LogP contribution in [-0.4, -0.2) is 17.6 Å². The molecule has 0 N–H and O–H groups in total. The van der Waals surface area contributed by atoms with Gasteiger partial charge in [-0.05, 0) is 23.3 Å². The molecule has 2 aromatic rings. The minimum Gasteiger partial charge on any atom is -0.468 e. The first kappa shape index (κ1) is 15.8. The average Bonchev–Trinajstić information content (AvgIpc) is 2.48. The molecule has 7 heteroatoms. The van der Waals surface area contributed by atoms with E-state index in [4.69, 9.17) is 0 Å². The maximum atomic E-state index is 13.0. The Bertz CT molecular complexity index is 750. The summed E-state index contributed by atoms with van der Waals surface area (Å²) in [7, 11) is 1.18. The first-order valence-electron chi connectivity index (χ1n) is 6.27. The highest BCUT2D eigenvalue weighted by atomic mass is 19.4. The number of hydrogen-bond donors (Lipinski definition) is 0. The van der Waals surface area contributed by atoms with Crippen molar-refractivity contribution in [2.45, 2.75) is 12.7 Å². The standard InChI is InChI=1S/C15H12F3NO3/c1-22-14(21)9-19-7-6-10(8-13(19)20)11-4-2-3-5-12(11)15(16,17)18/h2-8H,9H2,1H3. The Morgan fingerprint density at radius 1 is 1.23 bits per heavy atom. The summed E-state index contributed by atoms with van der Waals surface area (Å²) in [5.41, 5.74) is -1.35. The topological polar surface area (TPSA) is 48.3 Å². The molecule has 1 aromatic carbocycles. The number of ether oxygens (including phenoxy) is 1. The number of rotatable bonds is 3. The smallest absolute Gasteiger partial charge is 0.417 e. The summed E-state index contributed by atoms with van der Waals surface area (Å²) < 4.78 is 44.5. The van der Waals surface area contributed by atoms with Crippen LogP contribution in [0.4, 0.5) is 13.2 Å². The van der Waals surface area contributed by atoms with Gasteiger partial charge < -0.3 is 9.30 Å². The molecular weight excluding hydrogens is 299 g/mol. The zero-order valence-electron chi connectivity index (χ0n) is 11.6. The predicted molar refractivity (Wildman–Crippen MR) is 73.2 cm³/mol. The third-order valence-electron chi connectivity index (χ3n) is 3.07. The van der Waals surface area contributed by atoms with Crippen LogP contribution in [0.25, 0.3) is 11.1 Å².